The molecule has 94 valence electrons. The zero-order chi connectivity index (χ0) is 13.3. The average molecular weight is 292 g/mol. The molecular formula is C12H6Cl2F3N. The van der Waals surface area contributed by atoms with Gasteiger partial charge in [0, 0.05) is 11.8 Å². The molecule has 0 amide bonds. The van der Waals surface area contributed by atoms with Gasteiger partial charge in [-0.25, -0.2) is 0 Å². The molecule has 0 saturated carbocycles. The van der Waals surface area contributed by atoms with Crippen molar-refractivity contribution < 1.29 is 13.2 Å². The molecule has 1 nitrogen and oxygen atoms in total. The van der Waals surface area contributed by atoms with E-state index >= 15 is 0 Å². The summed E-state index contributed by atoms with van der Waals surface area (Å²) >= 11 is 11.6. The first-order valence-electron chi connectivity index (χ1n) is 4.86. The highest BCUT2D eigenvalue weighted by molar-refractivity contribution is 6.36. The van der Waals surface area contributed by atoms with E-state index in [1.54, 1.807) is 0 Å². The fourth-order valence-corrected chi connectivity index (χ4v) is 1.96. The van der Waals surface area contributed by atoms with E-state index in [-0.39, 0.29) is 10.7 Å². The van der Waals surface area contributed by atoms with Gasteiger partial charge in [-0.2, -0.15) is 13.2 Å². The van der Waals surface area contributed by atoms with E-state index in [2.05, 4.69) is 4.98 Å². The number of nitrogens with zero attached hydrogens (tertiary/aromatic N) is 1. The molecule has 0 aliphatic heterocycles. The van der Waals surface area contributed by atoms with Crippen molar-refractivity contribution in [2.75, 3.05) is 0 Å². The molecule has 0 radical (unpaired) electrons. The lowest BCUT2D eigenvalue weighted by Gasteiger charge is -2.09. The molecular weight excluding hydrogens is 286 g/mol. The lowest BCUT2D eigenvalue weighted by atomic mass is 10.1. The van der Waals surface area contributed by atoms with Crippen molar-refractivity contribution in [3.8, 4) is 11.3 Å². The second-order valence-electron chi connectivity index (χ2n) is 3.56. The van der Waals surface area contributed by atoms with Crippen LogP contribution in [0.2, 0.25) is 10.0 Å². The van der Waals surface area contributed by atoms with Crippen molar-refractivity contribution in [1.29, 1.82) is 0 Å². The van der Waals surface area contributed by atoms with Gasteiger partial charge in [0.15, 0.2) is 0 Å². The van der Waals surface area contributed by atoms with E-state index in [4.69, 9.17) is 23.2 Å². The molecule has 1 heterocycles. The van der Waals surface area contributed by atoms with E-state index in [9.17, 15) is 13.2 Å². The molecule has 0 fully saturated rings. The van der Waals surface area contributed by atoms with Gasteiger partial charge >= 0.3 is 6.18 Å². The van der Waals surface area contributed by atoms with Crippen LogP contribution in [0.25, 0.3) is 11.3 Å². The van der Waals surface area contributed by atoms with Crippen molar-refractivity contribution in [1.82, 2.24) is 4.98 Å². The molecule has 0 spiro atoms. The molecule has 2 rings (SSSR count). The average Bonchev–Trinajstić information content (AvgIpc) is 2.28. The summed E-state index contributed by atoms with van der Waals surface area (Å²) in [4.78, 5) is 3.94. The molecule has 18 heavy (non-hydrogen) atoms. The summed E-state index contributed by atoms with van der Waals surface area (Å²) in [6.07, 6.45) is -3.06. The van der Waals surface area contributed by atoms with Crippen molar-refractivity contribution >= 4 is 23.2 Å². The largest absolute Gasteiger partial charge is 0.416 e. The summed E-state index contributed by atoms with van der Waals surface area (Å²) in [6, 6.07) is 6.25. The van der Waals surface area contributed by atoms with E-state index in [1.165, 1.54) is 24.4 Å². The number of hydrogen-bond acceptors (Lipinski definition) is 1. The fourth-order valence-electron chi connectivity index (χ4n) is 1.47. The second kappa shape index (κ2) is 4.78. The van der Waals surface area contributed by atoms with Crippen LogP contribution in [0.1, 0.15) is 5.56 Å². The molecule has 2 aromatic rings. The monoisotopic (exact) mass is 291 g/mol. The maximum absolute atomic E-state index is 12.6. The number of aromatic nitrogens is 1. The summed E-state index contributed by atoms with van der Waals surface area (Å²) in [7, 11) is 0. The van der Waals surface area contributed by atoms with Crippen LogP contribution in [0.5, 0.6) is 0 Å². The number of halogens is 5. The van der Waals surface area contributed by atoms with Gasteiger partial charge in [0.05, 0.1) is 21.3 Å². The van der Waals surface area contributed by atoms with Gasteiger partial charge in [0.2, 0.25) is 0 Å². The molecule has 0 bridgehead atoms. The molecule has 0 saturated heterocycles. The molecule has 1 aromatic heterocycles. The smallest absolute Gasteiger partial charge is 0.253 e. The highest BCUT2D eigenvalue weighted by Crippen LogP contribution is 2.34. The Labute approximate surface area is 111 Å². The molecule has 0 atom stereocenters. The summed E-state index contributed by atoms with van der Waals surface area (Å²) in [6.45, 7) is 0. The predicted octanol–water partition coefficient (Wildman–Crippen LogP) is 5.07. The minimum absolute atomic E-state index is 0.210. The third kappa shape index (κ3) is 2.76. The van der Waals surface area contributed by atoms with Crippen molar-refractivity contribution in [3.63, 3.8) is 0 Å². The minimum atomic E-state index is -4.39. The number of pyridine rings is 1. The normalized spacial score (nSPS) is 11.6. The first kappa shape index (κ1) is 13.2. The Morgan fingerprint density at radius 3 is 2.39 bits per heavy atom. The van der Waals surface area contributed by atoms with Gasteiger partial charge in [-0.05, 0) is 18.2 Å². The number of rotatable bonds is 1. The van der Waals surface area contributed by atoms with Crippen LogP contribution in [0.15, 0.2) is 36.5 Å². The summed E-state index contributed by atoms with van der Waals surface area (Å²) in [5, 5.41) is 0.539. The Hall–Kier alpha value is -1.26. The van der Waals surface area contributed by atoms with Crippen LogP contribution in [0.4, 0.5) is 13.2 Å². The lowest BCUT2D eigenvalue weighted by Crippen LogP contribution is -2.04. The van der Waals surface area contributed by atoms with Gasteiger partial charge in [-0.3, -0.25) is 4.98 Å². The van der Waals surface area contributed by atoms with Crippen molar-refractivity contribution in [3.05, 3.63) is 52.1 Å². The Kier molecular flexibility index (Phi) is 3.50. The Morgan fingerprint density at radius 1 is 1.06 bits per heavy atom. The van der Waals surface area contributed by atoms with Crippen LogP contribution < -0.4 is 0 Å². The minimum Gasteiger partial charge on any atom is -0.253 e. The van der Waals surface area contributed by atoms with Crippen LogP contribution in [-0.4, -0.2) is 4.98 Å². The van der Waals surface area contributed by atoms with Crippen LogP contribution in [0, 0.1) is 0 Å². The number of alkyl halides is 3. The topological polar surface area (TPSA) is 12.9 Å². The van der Waals surface area contributed by atoms with E-state index < -0.39 is 11.7 Å². The molecule has 0 N–H and O–H groups in total. The quantitative estimate of drug-likeness (QED) is 0.714. The lowest BCUT2D eigenvalue weighted by molar-refractivity contribution is -0.137. The first-order chi connectivity index (χ1) is 8.38. The van der Waals surface area contributed by atoms with Gasteiger partial charge in [0.1, 0.15) is 0 Å². The maximum atomic E-state index is 12.6. The van der Waals surface area contributed by atoms with Gasteiger partial charge in [-0.15, -0.1) is 0 Å². The maximum Gasteiger partial charge on any atom is 0.416 e. The predicted molar refractivity (Wildman–Crippen MR) is 64.7 cm³/mol. The summed E-state index contributed by atoms with van der Waals surface area (Å²) in [5.74, 6) is 0. The van der Waals surface area contributed by atoms with E-state index in [0.29, 0.717) is 10.6 Å². The van der Waals surface area contributed by atoms with Gasteiger partial charge in [-0.1, -0.05) is 35.3 Å². The standard InChI is InChI=1S/C12H6Cl2F3N/c13-9-5-10(14)11(18-6-9)7-2-1-3-8(4-7)12(15,16)17/h1-6H. The molecule has 0 aliphatic rings. The van der Waals surface area contributed by atoms with E-state index in [0.717, 1.165) is 12.1 Å². The summed E-state index contributed by atoms with van der Waals surface area (Å²) in [5.41, 5.74) is -0.175. The van der Waals surface area contributed by atoms with Gasteiger partial charge < -0.3 is 0 Å². The summed E-state index contributed by atoms with van der Waals surface area (Å²) < 4.78 is 37.7. The van der Waals surface area contributed by atoms with Crippen molar-refractivity contribution in [2.45, 2.75) is 6.18 Å². The van der Waals surface area contributed by atoms with Crippen LogP contribution >= 0.6 is 23.2 Å². The SMILES string of the molecule is FC(F)(F)c1cccc(-c2ncc(Cl)cc2Cl)c1. The highest BCUT2D eigenvalue weighted by Gasteiger charge is 2.30. The molecule has 1 aromatic carbocycles. The second-order valence-corrected chi connectivity index (χ2v) is 4.41. The molecule has 0 aliphatic carbocycles. The van der Waals surface area contributed by atoms with Crippen LogP contribution in [-0.2, 0) is 6.18 Å². The number of benzene rings is 1. The van der Waals surface area contributed by atoms with E-state index in [1.807, 2.05) is 0 Å². The van der Waals surface area contributed by atoms with Crippen LogP contribution in [0.3, 0.4) is 0 Å². The van der Waals surface area contributed by atoms with Crippen molar-refractivity contribution in [2.24, 2.45) is 0 Å². The molecule has 6 heteroatoms. The zero-order valence-electron chi connectivity index (χ0n) is 8.80. The Balaban J connectivity index is 2.51. The third-order valence-electron chi connectivity index (χ3n) is 2.27. The number of hydrogen-bond donors (Lipinski definition) is 0. The van der Waals surface area contributed by atoms with Gasteiger partial charge in [0.25, 0.3) is 0 Å². The Morgan fingerprint density at radius 2 is 1.78 bits per heavy atom. The third-order valence-corrected chi connectivity index (χ3v) is 2.77. The fraction of sp³-hybridized carbons (Fsp3) is 0.0833. The zero-order valence-corrected chi connectivity index (χ0v) is 10.3. The molecule has 0 unspecified atom stereocenters. The highest BCUT2D eigenvalue weighted by atomic mass is 35.5. The Bertz CT molecular complexity index is 582. The first-order valence-corrected chi connectivity index (χ1v) is 5.62.